The molecule has 1 aromatic rings. The smallest absolute Gasteiger partial charge is 0.0418 e. The van der Waals surface area contributed by atoms with E-state index in [9.17, 15) is 0 Å². The van der Waals surface area contributed by atoms with Crippen molar-refractivity contribution < 1.29 is 0 Å². The Labute approximate surface area is 78.4 Å². The van der Waals surface area contributed by atoms with Crippen molar-refractivity contribution in [2.45, 2.75) is 31.8 Å². The first-order valence-electron chi connectivity index (χ1n) is 4.79. The van der Waals surface area contributed by atoms with Crippen LogP contribution in [0.1, 0.15) is 24.8 Å². The van der Waals surface area contributed by atoms with Crippen LogP contribution in [0.3, 0.4) is 0 Å². The van der Waals surface area contributed by atoms with Gasteiger partial charge in [0.25, 0.3) is 0 Å². The van der Waals surface area contributed by atoms with Crippen molar-refractivity contribution in [2.75, 3.05) is 5.32 Å². The van der Waals surface area contributed by atoms with E-state index in [0.29, 0.717) is 12.6 Å². The monoisotopic (exact) mass is 177 g/mol. The van der Waals surface area contributed by atoms with Crippen molar-refractivity contribution in [1.29, 1.82) is 0 Å². The fourth-order valence-electron chi connectivity index (χ4n) is 1.50. The van der Waals surface area contributed by atoms with Gasteiger partial charge in [0, 0.05) is 36.2 Å². The Hall–Kier alpha value is -1.09. The minimum Gasteiger partial charge on any atom is -0.382 e. The topological polar surface area (TPSA) is 50.9 Å². The minimum atomic E-state index is 0.558. The van der Waals surface area contributed by atoms with E-state index in [1.807, 2.05) is 12.3 Å². The molecule has 0 radical (unpaired) electrons. The van der Waals surface area contributed by atoms with Crippen LogP contribution < -0.4 is 11.1 Å². The molecule has 1 aromatic heterocycles. The number of nitrogens with two attached hydrogens (primary N) is 1. The second-order valence-electron chi connectivity index (χ2n) is 3.51. The molecule has 70 valence electrons. The van der Waals surface area contributed by atoms with Gasteiger partial charge in [-0.3, -0.25) is 4.98 Å². The summed E-state index contributed by atoms with van der Waals surface area (Å²) in [5.74, 6) is 0. The number of nitrogens with zero attached hydrogens (tertiary/aromatic N) is 1. The molecule has 0 unspecified atom stereocenters. The van der Waals surface area contributed by atoms with E-state index in [1.165, 1.54) is 19.3 Å². The maximum atomic E-state index is 5.61. The summed E-state index contributed by atoms with van der Waals surface area (Å²) in [6.45, 7) is 0.558. The lowest BCUT2D eigenvalue weighted by Gasteiger charge is -2.28. The van der Waals surface area contributed by atoms with Crippen LogP contribution in [-0.4, -0.2) is 11.0 Å². The molecular weight excluding hydrogens is 162 g/mol. The Morgan fingerprint density at radius 1 is 1.54 bits per heavy atom. The van der Waals surface area contributed by atoms with E-state index >= 15 is 0 Å². The lowest BCUT2D eigenvalue weighted by atomic mass is 9.93. The summed E-state index contributed by atoms with van der Waals surface area (Å²) in [5, 5.41) is 3.48. The molecule has 1 aliphatic carbocycles. The molecule has 1 saturated carbocycles. The molecular formula is C10H15N3. The van der Waals surface area contributed by atoms with Gasteiger partial charge in [-0.05, 0) is 25.3 Å². The van der Waals surface area contributed by atoms with Crippen LogP contribution in [0.15, 0.2) is 18.5 Å². The third-order valence-corrected chi connectivity index (χ3v) is 2.59. The Kier molecular flexibility index (Phi) is 2.45. The number of pyridine rings is 1. The molecule has 1 heterocycles. The van der Waals surface area contributed by atoms with Gasteiger partial charge in [-0.1, -0.05) is 0 Å². The zero-order chi connectivity index (χ0) is 9.10. The first-order valence-corrected chi connectivity index (χ1v) is 4.79. The predicted octanol–water partition coefficient (Wildman–Crippen LogP) is 1.50. The second-order valence-corrected chi connectivity index (χ2v) is 3.51. The van der Waals surface area contributed by atoms with Gasteiger partial charge in [0.1, 0.15) is 0 Å². The molecule has 3 heteroatoms. The zero-order valence-corrected chi connectivity index (χ0v) is 7.66. The maximum Gasteiger partial charge on any atom is 0.0418 e. The molecule has 1 aliphatic rings. The summed E-state index contributed by atoms with van der Waals surface area (Å²) in [7, 11) is 0. The van der Waals surface area contributed by atoms with Crippen LogP contribution >= 0.6 is 0 Å². The lowest BCUT2D eigenvalue weighted by molar-refractivity contribution is 0.445. The number of aromatic nitrogens is 1. The van der Waals surface area contributed by atoms with E-state index in [-0.39, 0.29) is 0 Å². The molecule has 2 rings (SSSR count). The molecule has 3 N–H and O–H groups in total. The molecule has 1 fully saturated rings. The number of anilines is 1. The van der Waals surface area contributed by atoms with E-state index in [4.69, 9.17) is 5.73 Å². The van der Waals surface area contributed by atoms with Crippen molar-refractivity contribution >= 4 is 5.69 Å². The lowest BCUT2D eigenvalue weighted by Crippen LogP contribution is -2.27. The number of hydrogen-bond acceptors (Lipinski definition) is 3. The third-order valence-electron chi connectivity index (χ3n) is 2.59. The van der Waals surface area contributed by atoms with Gasteiger partial charge >= 0.3 is 0 Å². The molecule has 0 spiro atoms. The van der Waals surface area contributed by atoms with E-state index in [1.54, 1.807) is 6.20 Å². The fourth-order valence-corrected chi connectivity index (χ4v) is 1.50. The Morgan fingerprint density at radius 2 is 2.38 bits per heavy atom. The van der Waals surface area contributed by atoms with Gasteiger partial charge in [0.2, 0.25) is 0 Å². The molecule has 0 bridgehead atoms. The second kappa shape index (κ2) is 3.75. The van der Waals surface area contributed by atoms with Crippen LogP contribution in [0, 0.1) is 0 Å². The quantitative estimate of drug-likeness (QED) is 0.735. The molecule has 13 heavy (non-hydrogen) atoms. The third kappa shape index (κ3) is 1.80. The van der Waals surface area contributed by atoms with Crippen molar-refractivity contribution in [2.24, 2.45) is 5.73 Å². The largest absolute Gasteiger partial charge is 0.382 e. The summed E-state index contributed by atoms with van der Waals surface area (Å²) in [5.41, 5.74) is 7.87. The fraction of sp³-hybridized carbons (Fsp3) is 0.500. The van der Waals surface area contributed by atoms with Crippen LogP contribution in [0.4, 0.5) is 5.69 Å². The molecule has 0 amide bonds. The van der Waals surface area contributed by atoms with Crippen LogP contribution in [0.2, 0.25) is 0 Å². The first-order chi connectivity index (χ1) is 6.40. The van der Waals surface area contributed by atoms with Gasteiger partial charge in [-0.25, -0.2) is 0 Å². The van der Waals surface area contributed by atoms with Crippen molar-refractivity contribution in [3.8, 4) is 0 Å². The molecule has 0 aromatic carbocycles. The van der Waals surface area contributed by atoms with Crippen LogP contribution in [-0.2, 0) is 6.54 Å². The Bertz CT molecular complexity index is 281. The SMILES string of the molecule is NCc1cnccc1NC1CCC1. The predicted molar refractivity (Wildman–Crippen MR) is 53.4 cm³/mol. The van der Waals surface area contributed by atoms with Gasteiger partial charge in [-0.15, -0.1) is 0 Å². The Morgan fingerprint density at radius 3 is 3.00 bits per heavy atom. The molecule has 0 saturated heterocycles. The molecule has 0 aliphatic heterocycles. The van der Waals surface area contributed by atoms with E-state index in [2.05, 4.69) is 10.3 Å². The summed E-state index contributed by atoms with van der Waals surface area (Å²) in [4.78, 5) is 4.05. The standard InChI is InChI=1S/C10H15N3/c11-6-8-7-12-5-4-10(8)13-9-2-1-3-9/h4-5,7,9H,1-3,6,11H2,(H,12,13). The van der Waals surface area contributed by atoms with Gasteiger partial charge in [0.05, 0.1) is 0 Å². The van der Waals surface area contributed by atoms with Crippen molar-refractivity contribution in [3.05, 3.63) is 24.0 Å². The normalized spacial score (nSPS) is 16.7. The average molecular weight is 177 g/mol. The van der Waals surface area contributed by atoms with E-state index in [0.717, 1.165) is 11.3 Å². The maximum absolute atomic E-state index is 5.61. The van der Waals surface area contributed by atoms with Crippen LogP contribution in [0.5, 0.6) is 0 Å². The summed E-state index contributed by atoms with van der Waals surface area (Å²) < 4.78 is 0. The van der Waals surface area contributed by atoms with Crippen molar-refractivity contribution in [3.63, 3.8) is 0 Å². The first kappa shape index (κ1) is 8.51. The van der Waals surface area contributed by atoms with Gasteiger partial charge in [-0.2, -0.15) is 0 Å². The van der Waals surface area contributed by atoms with E-state index < -0.39 is 0 Å². The summed E-state index contributed by atoms with van der Waals surface area (Å²) >= 11 is 0. The van der Waals surface area contributed by atoms with Gasteiger partial charge in [0.15, 0.2) is 0 Å². The van der Waals surface area contributed by atoms with Crippen LogP contribution in [0.25, 0.3) is 0 Å². The summed E-state index contributed by atoms with van der Waals surface area (Å²) in [6, 6.07) is 2.66. The highest BCUT2D eigenvalue weighted by Crippen LogP contribution is 2.24. The summed E-state index contributed by atoms with van der Waals surface area (Å²) in [6.07, 6.45) is 7.56. The highest BCUT2D eigenvalue weighted by molar-refractivity contribution is 5.50. The molecule has 3 nitrogen and oxygen atoms in total. The minimum absolute atomic E-state index is 0.558. The number of rotatable bonds is 3. The highest BCUT2D eigenvalue weighted by atomic mass is 14.9. The molecule has 0 atom stereocenters. The van der Waals surface area contributed by atoms with Crippen molar-refractivity contribution in [1.82, 2.24) is 4.98 Å². The zero-order valence-electron chi connectivity index (χ0n) is 7.66. The number of nitrogens with one attached hydrogen (secondary N) is 1. The Balaban J connectivity index is 2.08. The number of hydrogen-bond donors (Lipinski definition) is 2. The highest BCUT2D eigenvalue weighted by Gasteiger charge is 2.17. The van der Waals surface area contributed by atoms with Gasteiger partial charge < -0.3 is 11.1 Å². The average Bonchev–Trinajstić information content (AvgIpc) is 2.12.